The van der Waals surface area contributed by atoms with E-state index in [9.17, 15) is 4.39 Å². The Kier molecular flexibility index (Phi) is 4.43. The minimum absolute atomic E-state index is 0.00243. The topological polar surface area (TPSA) is 34.1 Å². The van der Waals surface area contributed by atoms with Gasteiger partial charge in [-0.25, -0.2) is 9.40 Å². The number of halogens is 1. The number of nitrogens with zero attached hydrogens (tertiary/aromatic N) is 2. The molecule has 0 saturated heterocycles. The third-order valence-corrected chi connectivity index (χ3v) is 5.31. The van der Waals surface area contributed by atoms with Gasteiger partial charge in [-0.2, -0.15) is 5.10 Å². The van der Waals surface area contributed by atoms with Crippen molar-refractivity contribution in [2.75, 3.05) is 6.61 Å². The molecule has 0 spiro atoms. The van der Waals surface area contributed by atoms with Gasteiger partial charge >= 0.3 is 0 Å². The van der Waals surface area contributed by atoms with Crippen molar-refractivity contribution in [3.05, 3.63) is 95.3 Å². The molecule has 2 heterocycles. The molecular weight excluding hydrogens is 367 g/mol. The first-order valence-electron chi connectivity index (χ1n) is 9.83. The first kappa shape index (κ1) is 17.7. The third kappa shape index (κ3) is 3.23. The Labute approximate surface area is 169 Å². The summed E-state index contributed by atoms with van der Waals surface area (Å²) >= 11 is 0. The summed E-state index contributed by atoms with van der Waals surface area (Å²) in [5.74, 6) is 1.31. The second-order valence-corrected chi connectivity index (χ2v) is 7.17. The maximum absolute atomic E-state index is 13.9. The summed E-state index contributed by atoms with van der Waals surface area (Å²) in [5.41, 5.74) is 3.86. The summed E-state index contributed by atoms with van der Waals surface area (Å²) in [7, 11) is 0. The van der Waals surface area contributed by atoms with Crippen LogP contribution in [0.2, 0.25) is 0 Å². The largest absolute Gasteiger partial charge is 0.494 e. The van der Waals surface area contributed by atoms with Crippen LogP contribution in [0.5, 0.6) is 11.5 Å². The molecule has 3 aromatic rings. The normalized spacial score (nSPS) is 19.8. The van der Waals surface area contributed by atoms with Crippen LogP contribution >= 0.6 is 0 Å². The summed E-state index contributed by atoms with van der Waals surface area (Å²) in [6, 6.07) is 22.5. The van der Waals surface area contributed by atoms with Crippen molar-refractivity contribution in [3.8, 4) is 11.5 Å². The van der Waals surface area contributed by atoms with Gasteiger partial charge in [0.2, 0.25) is 6.23 Å². The van der Waals surface area contributed by atoms with E-state index in [4.69, 9.17) is 14.6 Å². The van der Waals surface area contributed by atoms with Gasteiger partial charge < -0.3 is 9.47 Å². The summed E-state index contributed by atoms with van der Waals surface area (Å²) < 4.78 is 25.9. The van der Waals surface area contributed by atoms with Crippen molar-refractivity contribution in [1.29, 1.82) is 0 Å². The molecule has 5 heteroatoms. The first-order valence-corrected chi connectivity index (χ1v) is 9.83. The van der Waals surface area contributed by atoms with E-state index >= 15 is 0 Å². The van der Waals surface area contributed by atoms with Crippen molar-refractivity contribution in [2.45, 2.75) is 25.6 Å². The molecule has 29 heavy (non-hydrogen) atoms. The number of benzene rings is 3. The van der Waals surface area contributed by atoms with Gasteiger partial charge in [-0.3, -0.25) is 0 Å². The Bertz CT molecular complexity index is 1070. The van der Waals surface area contributed by atoms with Crippen LogP contribution < -0.4 is 9.47 Å². The molecular formula is C24H21FN2O2. The minimum atomic E-state index is -0.484. The van der Waals surface area contributed by atoms with E-state index in [0.29, 0.717) is 6.61 Å². The van der Waals surface area contributed by atoms with Crippen LogP contribution in [-0.2, 0) is 0 Å². The Morgan fingerprint density at radius 2 is 1.93 bits per heavy atom. The lowest BCUT2D eigenvalue weighted by atomic mass is 9.95. The van der Waals surface area contributed by atoms with Crippen LogP contribution in [0.25, 0.3) is 0 Å². The zero-order valence-electron chi connectivity index (χ0n) is 16.1. The van der Waals surface area contributed by atoms with Gasteiger partial charge in [0.25, 0.3) is 0 Å². The van der Waals surface area contributed by atoms with E-state index < -0.39 is 6.23 Å². The van der Waals surface area contributed by atoms with E-state index in [2.05, 4.69) is 12.1 Å². The fourth-order valence-corrected chi connectivity index (χ4v) is 4.01. The number of hydrogen-bond donors (Lipinski definition) is 0. The highest BCUT2D eigenvalue weighted by Crippen LogP contribution is 2.48. The third-order valence-electron chi connectivity index (χ3n) is 5.31. The molecule has 0 amide bonds. The van der Waals surface area contributed by atoms with Gasteiger partial charge in [0.1, 0.15) is 17.3 Å². The van der Waals surface area contributed by atoms with Crippen molar-refractivity contribution in [3.63, 3.8) is 0 Å². The Balaban J connectivity index is 1.59. The average Bonchev–Trinajstić information content (AvgIpc) is 3.20. The number of ether oxygens (including phenoxy) is 2. The second-order valence-electron chi connectivity index (χ2n) is 7.17. The molecule has 0 N–H and O–H groups in total. The SMILES string of the molecule is CCOc1ccc2c(c1)[C@H]1CC(c3ccccc3)=NN1[C@H](c1cccc(F)c1)O2. The van der Waals surface area contributed by atoms with Crippen LogP contribution in [0.15, 0.2) is 77.9 Å². The molecule has 146 valence electrons. The number of hydrazone groups is 1. The summed E-state index contributed by atoms with van der Waals surface area (Å²) in [6.07, 6.45) is 0.268. The van der Waals surface area contributed by atoms with Crippen LogP contribution in [0.4, 0.5) is 4.39 Å². The zero-order chi connectivity index (χ0) is 19.8. The quantitative estimate of drug-likeness (QED) is 0.595. The van der Waals surface area contributed by atoms with E-state index in [1.807, 2.05) is 54.4 Å². The summed E-state index contributed by atoms with van der Waals surface area (Å²) in [6.45, 7) is 2.57. The molecule has 0 radical (unpaired) electrons. The Hall–Kier alpha value is -3.34. The molecule has 2 aliphatic rings. The second kappa shape index (κ2) is 7.24. The van der Waals surface area contributed by atoms with E-state index in [1.54, 1.807) is 6.07 Å². The van der Waals surface area contributed by atoms with Crippen molar-refractivity contribution < 1.29 is 13.9 Å². The lowest BCUT2D eigenvalue weighted by Crippen LogP contribution is -2.33. The van der Waals surface area contributed by atoms with Crippen LogP contribution in [0.1, 0.15) is 42.3 Å². The van der Waals surface area contributed by atoms with Gasteiger partial charge in [-0.15, -0.1) is 0 Å². The van der Waals surface area contributed by atoms with Gasteiger partial charge in [0.05, 0.1) is 18.4 Å². The summed E-state index contributed by atoms with van der Waals surface area (Å²) in [5, 5.41) is 6.86. The smallest absolute Gasteiger partial charge is 0.213 e. The minimum Gasteiger partial charge on any atom is -0.494 e. The van der Waals surface area contributed by atoms with E-state index in [0.717, 1.165) is 40.3 Å². The monoisotopic (exact) mass is 388 g/mol. The van der Waals surface area contributed by atoms with Crippen LogP contribution in [0, 0.1) is 5.82 Å². The summed E-state index contributed by atoms with van der Waals surface area (Å²) in [4.78, 5) is 0. The van der Waals surface area contributed by atoms with E-state index in [-0.39, 0.29) is 11.9 Å². The lowest BCUT2D eigenvalue weighted by Gasteiger charge is -2.38. The fourth-order valence-electron chi connectivity index (χ4n) is 4.01. The highest BCUT2D eigenvalue weighted by Gasteiger charge is 2.41. The molecule has 3 aromatic carbocycles. The standard InChI is InChI=1S/C24H21FN2O2/c1-2-28-19-11-12-23-20(14-19)22-15-21(16-7-4-3-5-8-16)26-27(22)24(29-23)17-9-6-10-18(25)13-17/h3-14,22,24H,2,15H2,1H3/t22-,24+/m1/s1. The molecule has 2 atom stereocenters. The predicted octanol–water partition coefficient (Wildman–Crippen LogP) is 5.47. The number of hydrogen-bond acceptors (Lipinski definition) is 4. The van der Waals surface area contributed by atoms with Crippen LogP contribution in [0.3, 0.4) is 0 Å². The Morgan fingerprint density at radius 3 is 2.72 bits per heavy atom. The van der Waals surface area contributed by atoms with Gasteiger partial charge in [-0.05, 0) is 42.8 Å². The number of rotatable bonds is 4. The lowest BCUT2D eigenvalue weighted by molar-refractivity contribution is -0.0193. The van der Waals surface area contributed by atoms with Crippen molar-refractivity contribution >= 4 is 5.71 Å². The molecule has 0 fully saturated rings. The van der Waals surface area contributed by atoms with Crippen LogP contribution in [-0.4, -0.2) is 17.3 Å². The molecule has 0 unspecified atom stereocenters. The van der Waals surface area contributed by atoms with E-state index in [1.165, 1.54) is 12.1 Å². The zero-order valence-corrected chi connectivity index (χ0v) is 16.1. The maximum Gasteiger partial charge on any atom is 0.213 e. The molecule has 2 aliphatic heterocycles. The molecule has 0 saturated carbocycles. The maximum atomic E-state index is 13.9. The fraction of sp³-hybridized carbons (Fsp3) is 0.208. The van der Waals surface area contributed by atoms with Gasteiger partial charge in [-0.1, -0.05) is 42.5 Å². The molecule has 0 aliphatic carbocycles. The average molecular weight is 388 g/mol. The highest BCUT2D eigenvalue weighted by atomic mass is 19.1. The molecule has 5 rings (SSSR count). The van der Waals surface area contributed by atoms with Gasteiger partial charge in [0, 0.05) is 17.5 Å². The highest BCUT2D eigenvalue weighted by molar-refractivity contribution is 6.01. The molecule has 0 aromatic heterocycles. The molecule has 4 nitrogen and oxygen atoms in total. The van der Waals surface area contributed by atoms with Crippen molar-refractivity contribution in [2.24, 2.45) is 5.10 Å². The number of fused-ring (bicyclic) bond motifs is 3. The Morgan fingerprint density at radius 1 is 1.07 bits per heavy atom. The van der Waals surface area contributed by atoms with Crippen molar-refractivity contribution in [1.82, 2.24) is 5.01 Å². The first-order chi connectivity index (χ1) is 14.2. The van der Waals surface area contributed by atoms with Gasteiger partial charge in [0.15, 0.2) is 0 Å². The predicted molar refractivity (Wildman–Crippen MR) is 110 cm³/mol. The molecule has 0 bridgehead atoms.